The summed E-state index contributed by atoms with van der Waals surface area (Å²) in [6, 6.07) is -0.0439. The van der Waals surface area contributed by atoms with Crippen LogP contribution in [-0.2, 0) is 12.8 Å². The Morgan fingerprint density at radius 1 is 1.30 bits per heavy atom. The third-order valence-corrected chi connectivity index (χ3v) is 4.80. The summed E-state index contributed by atoms with van der Waals surface area (Å²) in [7, 11) is 0. The summed E-state index contributed by atoms with van der Waals surface area (Å²) in [6.07, 6.45) is 3.39. The van der Waals surface area contributed by atoms with E-state index in [-0.39, 0.29) is 18.2 Å². The van der Waals surface area contributed by atoms with Crippen molar-refractivity contribution in [3.8, 4) is 0 Å². The van der Waals surface area contributed by atoms with E-state index in [2.05, 4.69) is 10.6 Å². The zero-order valence-electron chi connectivity index (χ0n) is 10.9. The molecule has 1 aromatic heterocycles. The number of rotatable bonds is 3. The number of hydrogen-bond donors (Lipinski definition) is 4. The number of primary amides is 1. The fourth-order valence-corrected chi connectivity index (χ4v) is 3.79. The first-order chi connectivity index (χ1) is 9.54. The van der Waals surface area contributed by atoms with Crippen molar-refractivity contribution < 1.29 is 14.7 Å². The Kier molecular flexibility index (Phi) is 3.39. The molecule has 1 saturated carbocycles. The van der Waals surface area contributed by atoms with Crippen LogP contribution >= 0.6 is 11.3 Å². The molecule has 0 bridgehead atoms. The van der Waals surface area contributed by atoms with Crippen molar-refractivity contribution in [3.63, 3.8) is 0 Å². The Morgan fingerprint density at radius 3 is 2.70 bits per heavy atom. The Balaban J connectivity index is 1.85. The second-order valence-electron chi connectivity index (χ2n) is 5.34. The van der Waals surface area contributed by atoms with Crippen molar-refractivity contribution in [1.29, 1.82) is 0 Å². The number of nitrogens with one attached hydrogen (secondary N) is 2. The zero-order chi connectivity index (χ0) is 14.3. The molecule has 0 aliphatic heterocycles. The molecule has 0 radical (unpaired) electrons. The number of urea groups is 1. The number of fused-ring (bicyclic) bond motifs is 1. The highest BCUT2D eigenvalue weighted by molar-refractivity contribution is 7.17. The highest BCUT2D eigenvalue weighted by Crippen LogP contribution is 2.38. The maximum absolute atomic E-state index is 11.8. The van der Waals surface area contributed by atoms with Gasteiger partial charge in [-0.3, -0.25) is 10.1 Å². The van der Waals surface area contributed by atoms with E-state index in [4.69, 9.17) is 5.73 Å². The van der Waals surface area contributed by atoms with Crippen molar-refractivity contribution in [2.24, 2.45) is 5.73 Å². The molecule has 1 unspecified atom stereocenters. The van der Waals surface area contributed by atoms with Crippen LogP contribution in [-0.4, -0.2) is 29.2 Å². The van der Waals surface area contributed by atoms with Crippen LogP contribution in [0.1, 0.15) is 40.1 Å². The van der Waals surface area contributed by atoms with Crippen LogP contribution in [0.5, 0.6) is 0 Å². The average molecular weight is 295 g/mol. The maximum Gasteiger partial charge on any atom is 0.320 e. The third-order valence-electron chi connectivity index (χ3n) is 3.63. The normalized spacial score (nSPS) is 21.1. The van der Waals surface area contributed by atoms with Crippen LogP contribution in [0.25, 0.3) is 0 Å². The molecule has 5 N–H and O–H groups in total. The van der Waals surface area contributed by atoms with Crippen molar-refractivity contribution in [1.82, 2.24) is 5.32 Å². The predicted molar refractivity (Wildman–Crippen MR) is 76.0 cm³/mol. The van der Waals surface area contributed by atoms with Crippen LogP contribution in [0.4, 0.5) is 9.80 Å². The Bertz CT molecular complexity index is 565. The van der Waals surface area contributed by atoms with Gasteiger partial charge in [-0.25, -0.2) is 4.79 Å². The molecule has 1 heterocycles. The lowest BCUT2D eigenvalue weighted by Gasteiger charge is -2.17. The van der Waals surface area contributed by atoms with Crippen molar-refractivity contribution in [2.75, 3.05) is 5.32 Å². The largest absolute Gasteiger partial charge is 0.393 e. The van der Waals surface area contributed by atoms with Crippen LogP contribution in [0.15, 0.2) is 0 Å². The Hall–Kier alpha value is -1.60. The quantitative estimate of drug-likeness (QED) is 0.668. The molecule has 2 aliphatic carbocycles. The zero-order valence-corrected chi connectivity index (χ0v) is 11.8. The molecule has 3 rings (SSSR count). The summed E-state index contributed by atoms with van der Waals surface area (Å²) >= 11 is 1.34. The van der Waals surface area contributed by atoms with Crippen molar-refractivity contribution in [2.45, 2.75) is 44.2 Å². The van der Waals surface area contributed by atoms with Crippen LogP contribution < -0.4 is 16.4 Å². The van der Waals surface area contributed by atoms with Crippen molar-refractivity contribution >= 4 is 28.3 Å². The number of aliphatic hydroxyl groups is 1. The van der Waals surface area contributed by atoms with Gasteiger partial charge < -0.3 is 16.2 Å². The van der Waals surface area contributed by atoms with Gasteiger partial charge in [0.1, 0.15) is 5.00 Å². The summed E-state index contributed by atoms with van der Waals surface area (Å²) < 4.78 is 0. The molecule has 1 fully saturated rings. The van der Waals surface area contributed by atoms with Gasteiger partial charge in [-0.1, -0.05) is 0 Å². The van der Waals surface area contributed by atoms with Gasteiger partial charge in [-0.05, 0) is 31.2 Å². The van der Waals surface area contributed by atoms with E-state index in [1.807, 2.05) is 0 Å². The number of carbonyl (C=O) groups excluding carboxylic acids is 2. The first-order valence-corrected chi connectivity index (χ1v) is 7.56. The van der Waals surface area contributed by atoms with Crippen molar-refractivity contribution in [3.05, 3.63) is 16.0 Å². The number of aliphatic hydroxyl groups excluding tert-OH is 1. The number of nitrogens with two attached hydrogens (primary N) is 1. The van der Waals surface area contributed by atoms with Crippen LogP contribution in [0.3, 0.4) is 0 Å². The lowest BCUT2D eigenvalue weighted by Crippen LogP contribution is -2.31. The van der Waals surface area contributed by atoms with E-state index in [0.29, 0.717) is 29.8 Å². The molecule has 0 saturated heterocycles. The van der Waals surface area contributed by atoms with E-state index >= 15 is 0 Å². The number of thiophene rings is 1. The summed E-state index contributed by atoms with van der Waals surface area (Å²) in [6.45, 7) is 0. The lowest BCUT2D eigenvalue weighted by molar-refractivity contribution is 0.0999. The number of hydrogen-bond acceptors (Lipinski definition) is 4. The van der Waals surface area contributed by atoms with Gasteiger partial charge in [-0.15, -0.1) is 11.3 Å². The van der Waals surface area contributed by atoms with Gasteiger partial charge in [-0.2, -0.15) is 0 Å². The van der Waals surface area contributed by atoms with Gasteiger partial charge in [0.05, 0.1) is 11.7 Å². The number of carbonyl (C=O) groups is 2. The highest BCUT2D eigenvalue weighted by atomic mass is 32.1. The molecule has 3 amide bonds. The lowest BCUT2D eigenvalue weighted by atomic mass is 9.93. The van der Waals surface area contributed by atoms with E-state index in [1.54, 1.807) is 0 Å². The monoisotopic (exact) mass is 295 g/mol. The molecular formula is C13H17N3O3S. The Morgan fingerprint density at radius 2 is 2.05 bits per heavy atom. The summed E-state index contributed by atoms with van der Waals surface area (Å²) in [5, 5.41) is 15.7. The molecule has 0 aromatic carbocycles. The SMILES string of the molecule is NC(=O)c1c(NC(=O)NC2CC2)sc2c1CCC(O)C2. The van der Waals surface area contributed by atoms with E-state index in [9.17, 15) is 14.7 Å². The standard InChI is InChI=1S/C13H17N3O3S/c14-11(18)10-8-4-3-7(17)5-9(8)20-12(10)16-13(19)15-6-1-2-6/h6-7,17H,1-5H2,(H2,14,18)(H2,15,16,19). The molecule has 7 heteroatoms. The smallest absolute Gasteiger partial charge is 0.320 e. The second kappa shape index (κ2) is 5.06. The minimum absolute atomic E-state index is 0.253. The van der Waals surface area contributed by atoms with Gasteiger partial charge in [0.15, 0.2) is 0 Å². The Labute approximate surface area is 120 Å². The van der Waals surface area contributed by atoms with Crippen LogP contribution in [0, 0.1) is 0 Å². The van der Waals surface area contributed by atoms with E-state index in [1.165, 1.54) is 11.3 Å². The summed E-state index contributed by atoms with van der Waals surface area (Å²) in [5.41, 5.74) is 6.73. The van der Waals surface area contributed by atoms with Gasteiger partial charge >= 0.3 is 6.03 Å². The molecule has 2 aliphatic rings. The van der Waals surface area contributed by atoms with E-state index < -0.39 is 5.91 Å². The topological polar surface area (TPSA) is 104 Å². The van der Waals surface area contributed by atoms with Crippen LogP contribution in [0.2, 0.25) is 0 Å². The van der Waals surface area contributed by atoms with Gasteiger partial charge in [0, 0.05) is 17.3 Å². The maximum atomic E-state index is 11.8. The molecule has 0 spiro atoms. The molecule has 20 heavy (non-hydrogen) atoms. The summed E-state index contributed by atoms with van der Waals surface area (Å²) in [4.78, 5) is 24.4. The first kappa shape index (κ1) is 13.4. The minimum Gasteiger partial charge on any atom is -0.393 e. The highest BCUT2D eigenvalue weighted by Gasteiger charge is 2.29. The van der Waals surface area contributed by atoms with Gasteiger partial charge in [0.25, 0.3) is 5.91 Å². The fourth-order valence-electron chi connectivity index (χ4n) is 2.47. The molecular weight excluding hydrogens is 278 g/mol. The fraction of sp³-hybridized carbons (Fsp3) is 0.538. The van der Waals surface area contributed by atoms with E-state index in [0.717, 1.165) is 23.3 Å². The molecule has 1 atom stereocenters. The van der Waals surface area contributed by atoms with Gasteiger partial charge in [0.2, 0.25) is 0 Å². The summed E-state index contributed by atoms with van der Waals surface area (Å²) in [5.74, 6) is -0.527. The first-order valence-electron chi connectivity index (χ1n) is 6.74. The molecule has 1 aromatic rings. The number of anilines is 1. The third kappa shape index (κ3) is 2.64. The molecule has 6 nitrogen and oxygen atoms in total. The second-order valence-corrected chi connectivity index (χ2v) is 6.45. The number of amides is 3. The molecule has 108 valence electrons. The average Bonchev–Trinajstić information content (AvgIpc) is 3.08. The minimum atomic E-state index is -0.527. The predicted octanol–water partition coefficient (Wildman–Crippen LogP) is 0.980.